The zero-order valence-electron chi connectivity index (χ0n) is 36.3. The van der Waals surface area contributed by atoms with Crippen molar-refractivity contribution in [1.82, 2.24) is 30.8 Å². The summed E-state index contributed by atoms with van der Waals surface area (Å²) in [5.41, 5.74) is 3.31. The maximum atomic E-state index is 14.4. The average Bonchev–Trinajstić information content (AvgIpc) is 3.80. The summed E-state index contributed by atoms with van der Waals surface area (Å²) in [4.78, 5) is 100. The van der Waals surface area contributed by atoms with Crippen LogP contribution in [0.2, 0.25) is 0 Å². The number of aromatic amines is 1. The van der Waals surface area contributed by atoms with Crippen LogP contribution in [-0.2, 0) is 45.0 Å². The third-order valence-corrected chi connectivity index (χ3v) is 10.1. The van der Waals surface area contributed by atoms with Crippen LogP contribution in [0.3, 0.4) is 0 Å². The van der Waals surface area contributed by atoms with Crippen molar-refractivity contribution in [3.63, 3.8) is 0 Å². The number of rotatable bonds is 33. The monoisotopic (exact) mass is 899 g/mol. The number of nitrogens with zero attached hydrogens (tertiary/aromatic N) is 7. The third kappa shape index (κ3) is 18.7. The van der Waals surface area contributed by atoms with Crippen LogP contribution in [0.1, 0.15) is 103 Å². The average molecular weight is 900 g/mol. The molecule has 0 spiro atoms. The molecule has 64 heavy (non-hydrogen) atoms. The summed E-state index contributed by atoms with van der Waals surface area (Å²) < 4.78 is 5.58. The zero-order chi connectivity index (χ0) is 46.9. The first-order chi connectivity index (χ1) is 30.7. The molecular formula is C41H57N9O14. The maximum Gasteiger partial charge on any atom is 0.309 e. The fourth-order valence-corrected chi connectivity index (χ4v) is 6.98. The first-order valence-corrected chi connectivity index (χ1v) is 21.2. The van der Waals surface area contributed by atoms with E-state index in [-0.39, 0.29) is 101 Å². The summed E-state index contributed by atoms with van der Waals surface area (Å²) in [6.45, 7) is 5.02. The van der Waals surface area contributed by atoms with Gasteiger partial charge in [0.25, 0.3) is 15.3 Å². The van der Waals surface area contributed by atoms with Crippen molar-refractivity contribution in [3.8, 4) is 22.5 Å². The van der Waals surface area contributed by atoms with E-state index in [4.69, 9.17) is 4.74 Å². The molecule has 3 aromatic rings. The van der Waals surface area contributed by atoms with Gasteiger partial charge in [0, 0.05) is 37.9 Å². The van der Waals surface area contributed by atoms with Crippen molar-refractivity contribution in [2.75, 3.05) is 26.4 Å². The van der Waals surface area contributed by atoms with Crippen LogP contribution in [0.25, 0.3) is 22.5 Å². The number of benzene rings is 2. The van der Waals surface area contributed by atoms with E-state index >= 15 is 0 Å². The van der Waals surface area contributed by atoms with Crippen LogP contribution >= 0.6 is 0 Å². The number of hydrogen-bond acceptors (Lipinski definition) is 17. The molecule has 350 valence electrons. The number of nitrogens with one attached hydrogen (secondary N) is 2. The van der Waals surface area contributed by atoms with Crippen LogP contribution in [-0.4, -0.2) is 103 Å². The second-order valence-electron chi connectivity index (χ2n) is 15.3. The molecular weight excluding hydrogens is 843 g/mol. The topological polar surface area (TPSA) is 304 Å². The lowest BCUT2D eigenvalue weighted by atomic mass is 9.88. The molecule has 23 nitrogen and oxygen atoms in total. The van der Waals surface area contributed by atoms with Gasteiger partial charge in [0.2, 0.25) is 17.6 Å². The van der Waals surface area contributed by atoms with Crippen molar-refractivity contribution in [2.24, 2.45) is 11.8 Å². The van der Waals surface area contributed by atoms with Gasteiger partial charge in [0.15, 0.2) is 5.78 Å². The molecule has 3 unspecified atom stereocenters. The van der Waals surface area contributed by atoms with E-state index in [0.717, 1.165) is 28.7 Å². The highest BCUT2D eigenvalue weighted by Crippen LogP contribution is 2.31. The third-order valence-electron chi connectivity index (χ3n) is 10.1. The summed E-state index contributed by atoms with van der Waals surface area (Å²) in [7, 11) is 0. The highest BCUT2D eigenvalue weighted by molar-refractivity contribution is 5.92. The minimum atomic E-state index is -1.22. The molecule has 1 heterocycles. The number of Topliss-reactive ketones (excluding diaryl/α,β-unsaturated/α-hetero) is 1. The van der Waals surface area contributed by atoms with Crippen LogP contribution in [0.4, 0.5) is 0 Å². The summed E-state index contributed by atoms with van der Waals surface area (Å²) in [5.74, 6) is -2.35. The van der Waals surface area contributed by atoms with E-state index in [9.17, 15) is 49.5 Å². The number of tetrazole rings is 1. The van der Waals surface area contributed by atoms with E-state index in [1.165, 1.54) is 0 Å². The van der Waals surface area contributed by atoms with Crippen molar-refractivity contribution in [2.45, 2.75) is 117 Å². The molecule has 0 aliphatic rings. The molecule has 0 bridgehead atoms. The number of hydrogen-bond donors (Lipinski definition) is 2. The normalized spacial score (nSPS) is 12.4. The SMILES string of the molecule is CCCCC(=O)N(Cc1ccc(-c2ccccc2-c2nn[nH]n2)cc1)C(C(=O)CC(CCCCNC(=O)CCCO[N+](=O)[O-])C(=O)OCCCCC(CO[N+](=O)[O-])O[N+](=O)[O-])C(C)C. The molecule has 0 fully saturated rings. The quantitative estimate of drug-likeness (QED) is 0.0333. The molecule has 2 aromatic carbocycles. The van der Waals surface area contributed by atoms with E-state index in [2.05, 4.69) is 40.5 Å². The van der Waals surface area contributed by atoms with Crippen LogP contribution in [0.15, 0.2) is 48.5 Å². The number of ether oxygens (including phenoxy) is 1. The number of esters is 1. The number of unbranched alkanes of at least 4 members (excludes halogenated alkanes) is 3. The number of H-pyrrole nitrogens is 1. The van der Waals surface area contributed by atoms with E-state index in [1.807, 2.05) is 69.3 Å². The van der Waals surface area contributed by atoms with Gasteiger partial charge in [0.1, 0.15) is 12.7 Å². The van der Waals surface area contributed by atoms with Gasteiger partial charge in [-0.1, -0.05) is 82.1 Å². The Labute approximate surface area is 369 Å². The van der Waals surface area contributed by atoms with Crippen LogP contribution < -0.4 is 5.32 Å². The molecule has 23 heteroatoms. The minimum Gasteiger partial charge on any atom is -0.465 e. The number of carbonyl (C=O) groups excluding carboxylic acids is 4. The molecule has 0 radical (unpaired) electrons. The summed E-state index contributed by atoms with van der Waals surface area (Å²) >= 11 is 0. The van der Waals surface area contributed by atoms with Gasteiger partial charge in [-0.15, -0.1) is 40.5 Å². The zero-order valence-corrected chi connectivity index (χ0v) is 36.3. The lowest BCUT2D eigenvalue weighted by molar-refractivity contribution is -0.790. The smallest absolute Gasteiger partial charge is 0.309 e. The highest BCUT2D eigenvalue weighted by Gasteiger charge is 2.35. The molecule has 0 aliphatic heterocycles. The molecule has 2 amide bonds. The molecule has 0 saturated heterocycles. The molecule has 0 aliphatic carbocycles. The standard InChI is InChI=1S/C41H57N9O14/c1-4-5-18-38(53)47(27-30-19-21-31(22-20-30)34-15-6-7-16-35(34)40-43-45-46-44-40)39(29(2)3)36(51)26-32(13-8-10-23-42-37(52)17-12-25-62-48(55)56)41(54)61-24-11-9-14-33(64-50(59)60)28-63-49(57)58/h6-7,15-16,19-22,29,32-33,39H,4-5,8-14,17-18,23-28H2,1-3H3,(H,42,52)(H,43,44,45,46). The first kappa shape index (κ1) is 51.5. The second kappa shape index (κ2) is 28.0. The highest BCUT2D eigenvalue weighted by atomic mass is 17.0. The Morgan fingerprint density at radius 3 is 2.16 bits per heavy atom. The lowest BCUT2D eigenvalue weighted by Gasteiger charge is -2.34. The van der Waals surface area contributed by atoms with Crippen LogP contribution in [0, 0.1) is 42.2 Å². The Morgan fingerprint density at radius 1 is 0.812 bits per heavy atom. The van der Waals surface area contributed by atoms with Crippen molar-refractivity contribution in [3.05, 3.63) is 84.4 Å². The number of carbonyl (C=O) groups is 4. The molecule has 0 saturated carbocycles. The predicted molar refractivity (Wildman–Crippen MR) is 226 cm³/mol. The van der Waals surface area contributed by atoms with E-state index in [1.54, 1.807) is 4.90 Å². The number of aromatic nitrogens is 4. The fourth-order valence-electron chi connectivity index (χ4n) is 6.98. The minimum absolute atomic E-state index is 0.00297. The van der Waals surface area contributed by atoms with Gasteiger partial charge >= 0.3 is 5.97 Å². The lowest BCUT2D eigenvalue weighted by Crippen LogP contribution is -2.48. The Bertz CT molecular complexity index is 1950. The Hall–Kier alpha value is -6.81. The summed E-state index contributed by atoms with van der Waals surface area (Å²) in [6, 6.07) is 14.3. The Balaban J connectivity index is 1.76. The van der Waals surface area contributed by atoms with E-state index < -0.39 is 45.9 Å². The molecule has 1 aromatic heterocycles. The number of amides is 2. The van der Waals surface area contributed by atoms with Gasteiger partial charge in [-0.05, 0) is 72.8 Å². The van der Waals surface area contributed by atoms with Crippen molar-refractivity contribution < 1.29 is 53.7 Å². The molecule has 3 rings (SSSR count). The maximum absolute atomic E-state index is 14.4. The van der Waals surface area contributed by atoms with Crippen LogP contribution in [0.5, 0.6) is 0 Å². The van der Waals surface area contributed by atoms with Crippen molar-refractivity contribution in [1.29, 1.82) is 0 Å². The first-order valence-electron chi connectivity index (χ1n) is 21.2. The molecule has 2 N–H and O–H groups in total. The number of ketones is 1. The van der Waals surface area contributed by atoms with Gasteiger partial charge in [-0.2, -0.15) is 5.21 Å². The van der Waals surface area contributed by atoms with Crippen molar-refractivity contribution >= 4 is 23.6 Å². The van der Waals surface area contributed by atoms with Gasteiger partial charge < -0.3 is 29.5 Å². The molecule has 3 atom stereocenters. The van der Waals surface area contributed by atoms with Gasteiger partial charge in [0.05, 0.1) is 25.2 Å². The Morgan fingerprint density at radius 2 is 1.52 bits per heavy atom. The Kier molecular flexibility index (Phi) is 22.5. The second-order valence-corrected chi connectivity index (χ2v) is 15.3. The predicted octanol–water partition coefficient (Wildman–Crippen LogP) is 5.43. The van der Waals surface area contributed by atoms with E-state index in [0.29, 0.717) is 25.1 Å². The summed E-state index contributed by atoms with van der Waals surface area (Å²) in [6.07, 6.45) is 1.78. The largest absolute Gasteiger partial charge is 0.465 e. The summed E-state index contributed by atoms with van der Waals surface area (Å²) in [5, 5.41) is 45.7. The fraction of sp³-hybridized carbons (Fsp3) is 0.585. The van der Waals surface area contributed by atoms with Gasteiger partial charge in [-0.3, -0.25) is 19.2 Å². The van der Waals surface area contributed by atoms with Gasteiger partial charge in [-0.25, -0.2) is 0 Å².